The minimum absolute atomic E-state index is 0.113. The number of pyridine rings is 2. The van der Waals surface area contributed by atoms with Gasteiger partial charge in [0.1, 0.15) is 11.6 Å². The Kier molecular flexibility index (Phi) is 6.24. The van der Waals surface area contributed by atoms with Gasteiger partial charge in [0, 0.05) is 23.3 Å². The Morgan fingerprint density at radius 3 is 2.49 bits per heavy atom. The van der Waals surface area contributed by atoms with E-state index >= 15 is 0 Å². The second-order valence-electron chi connectivity index (χ2n) is 9.03. The van der Waals surface area contributed by atoms with Crippen LogP contribution < -0.4 is 10.9 Å². The predicted molar refractivity (Wildman–Crippen MR) is 147 cm³/mol. The third kappa shape index (κ3) is 4.45. The molecule has 0 saturated carbocycles. The fourth-order valence-electron chi connectivity index (χ4n) is 4.72. The molecule has 0 radical (unpaired) electrons. The highest BCUT2D eigenvalue weighted by Gasteiger charge is 2.20. The van der Waals surface area contributed by atoms with Gasteiger partial charge in [-0.05, 0) is 74.5 Å². The molecule has 5 aromatic rings. The second-order valence-corrected chi connectivity index (χ2v) is 9.03. The van der Waals surface area contributed by atoms with Crippen molar-refractivity contribution in [2.75, 3.05) is 5.32 Å². The van der Waals surface area contributed by atoms with Crippen molar-refractivity contribution in [3.8, 4) is 16.8 Å². The number of fused-ring (bicyclic) bond motifs is 1. The molecule has 7 nitrogen and oxygen atoms in total. The summed E-state index contributed by atoms with van der Waals surface area (Å²) in [6.45, 7) is 15.1. The molecule has 0 aliphatic heterocycles. The van der Waals surface area contributed by atoms with Crippen LogP contribution in [0.15, 0.2) is 77.7 Å². The number of anilines is 1. The molecule has 0 bridgehead atoms. The Hall–Kier alpha value is -4.83. The lowest BCUT2D eigenvalue weighted by Crippen LogP contribution is -2.26. The van der Waals surface area contributed by atoms with E-state index in [2.05, 4.69) is 25.1 Å². The fraction of sp³-hybridized carbons (Fsp3) is 0.167. The number of rotatable bonds is 5. The van der Waals surface area contributed by atoms with Crippen molar-refractivity contribution < 1.29 is 0 Å². The molecule has 7 heteroatoms. The average molecular weight is 487 g/mol. The van der Waals surface area contributed by atoms with Gasteiger partial charge in [-0.25, -0.2) is 14.8 Å². The van der Waals surface area contributed by atoms with Gasteiger partial charge in [0.15, 0.2) is 0 Å². The molecule has 0 aliphatic rings. The van der Waals surface area contributed by atoms with E-state index in [1.165, 1.54) is 0 Å². The lowest BCUT2D eigenvalue weighted by atomic mass is 9.98. The van der Waals surface area contributed by atoms with Crippen LogP contribution in [0.25, 0.3) is 32.4 Å². The summed E-state index contributed by atoms with van der Waals surface area (Å²) in [5.74, 6) is 1.04. The quantitative estimate of drug-likeness (QED) is 0.287. The number of benzene rings is 2. The van der Waals surface area contributed by atoms with E-state index in [1.807, 2.05) is 80.6 Å². The third-order valence-corrected chi connectivity index (χ3v) is 6.38. The zero-order valence-corrected chi connectivity index (χ0v) is 21.1. The molecule has 3 aromatic heterocycles. The van der Waals surface area contributed by atoms with Crippen LogP contribution >= 0.6 is 0 Å². The highest BCUT2D eigenvalue weighted by molar-refractivity contribution is 5.96. The maximum absolute atomic E-state index is 14.3. The lowest BCUT2D eigenvalue weighted by Gasteiger charge is -2.23. The molecule has 37 heavy (non-hydrogen) atoms. The van der Waals surface area contributed by atoms with Crippen molar-refractivity contribution in [1.29, 1.82) is 0 Å². The maximum Gasteiger partial charge on any atom is 0.263 e. The van der Waals surface area contributed by atoms with E-state index in [0.717, 1.165) is 33.6 Å². The van der Waals surface area contributed by atoms with Crippen molar-refractivity contribution in [2.24, 2.45) is 0 Å². The van der Waals surface area contributed by atoms with Crippen LogP contribution in [-0.4, -0.2) is 19.5 Å². The number of nitrogens with one attached hydrogen (secondary N) is 1. The summed E-state index contributed by atoms with van der Waals surface area (Å²) in [5, 5.41) is 4.87. The molecule has 0 unspecified atom stereocenters. The van der Waals surface area contributed by atoms with Gasteiger partial charge in [-0.2, -0.15) is 0 Å². The molecular formula is C30H26N6O. The number of nitrogens with zero attached hydrogens (tertiary/aromatic N) is 5. The van der Waals surface area contributed by atoms with Crippen molar-refractivity contribution in [2.45, 2.75) is 33.7 Å². The van der Waals surface area contributed by atoms with Gasteiger partial charge in [-0.3, -0.25) is 14.3 Å². The molecule has 5 rings (SSSR count). The van der Waals surface area contributed by atoms with Crippen molar-refractivity contribution in [1.82, 2.24) is 19.5 Å². The van der Waals surface area contributed by atoms with Crippen LogP contribution in [-0.2, 0) is 0 Å². The van der Waals surface area contributed by atoms with Crippen LogP contribution in [0.4, 0.5) is 11.5 Å². The van der Waals surface area contributed by atoms with Crippen molar-refractivity contribution in [3.63, 3.8) is 0 Å². The van der Waals surface area contributed by atoms with Gasteiger partial charge in [0.2, 0.25) is 5.69 Å². The first-order valence-electron chi connectivity index (χ1n) is 12.0. The van der Waals surface area contributed by atoms with E-state index in [9.17, 15) is 4.79 Å². The van der Waals surface area contributed by atoms with Gasteiger partial charge < -0.3 is 5.32 Å². The first-order valence-corrected chi connectivity index (χ1v) is 12.0. The Morgan fingerprint density at radius 2 is 1.76 bits per heavy atom. The SMILES string of the molecule is [C-]#[N+]c1c(C)nc(C)nc1N[C@@H](C)c1cc2cccc(-c3ccnc(C)c3)c2c(=O)n1-c1ccccc1. The average Bonchev–Trinajstić information content (AvgIpc) is 2.88. The molecular weight excluding hydrogens is 460 g/mol. The minimum Gasteiger partial charge on any atom is -0.371 e. The highest BCUT2D eigenvalue weighted by atomic mass is 16.1. The summed E-state index contributed by atoms with van der Waals surface area (Å²) in [7, 11) is 0. The van der Waals surface area contributed by atoms with Crippen LogP contribution in [0.2, 0.25) is 0 Å². The smallest absolute Gasteiger partial charge is 0.263 e. The topological polar surface area (TPSA) is 77.1 Å². The Labute approximate surface area is 215 Å². The normalized spacial score (nSPS) is 11.8. The van der Waals surface area contributed by atoms with Crippen LogP contribution in [0.3, 0.4) is 0 Å². The van der Waals surface area contributed by atoms with Crippen LogP contribution in [0.5, 0.6) is 0 Å². The number of hydrogen-bond acceptors (Lipinski definition) is 5. The number of aromatic nitrogens is 4. The van der Waals surface area contributed by atoms with E-state index in [-0.39, 0.29) is 11.6 Å². The van der Waals surface area contributed by atoms with E-state index < -0.39 is 0 Å². The molecule has 2 aromatic carbocycles. The summed E-state index contributed by atoms with van der Waals surface area (Å²) < 4.78 is 1.75. The largest absolute Gasteiger partial charge is 0.371 e. The molecule has 182 valence electrons. The Bertz CT molecular complexity index is 1730. The zero-order valence-electron chi connectivity index (χ0n) is 21.1. The molecule has 0 aliphatic carbocycles. The van der Waals surface area contributed by atoms with Gasteiger partial charge in [0.05, 0.1) is 23.7 Å². The van der Waals surface area contributed by atoms with E-state index in [1.54, 1.807) is 24.6 Å². The van der Waals surface area contributed by atoms with Crippen molar-refractivity contribution in [3.05, 3.63) is 118 Å². The molecule has 1 N–H and O–H groups in total. The Balaban J connectivity index is 1.75. The van der Waals surface area contributed by atoms with Gasteiger partial charge in [0.25, 0.3) is 5.56 Å². The fourth-order valence-corrected chi connectivity index (χ4v) is 4.72. The first-order chi connectivity index (χ1) is 17.9. The van der Waals surface area contributed by atoms with E-state index in [4.69, 9.17) is 6.57 Å². The molecule has 0 amide bonds. The lowest BCUT2D eigenvalue weighted by molar-refractivity contribution is 0.771. The minimum atomic E-state index is -0.335. The molecule has 0 fully saturated rings. The van der Waals surface area contributed by atoms with E-state index in [0.29, 0.717) is 28.4 Å². The van der Waals surface area contributed by atoms with Gasteiger partial charge >= 0.3 is 0 Å². The van der Waals surface area contributed by atoms with Gasteiger partial charge in [-0.15, -0.1) is 0 Å². The summed E-state index contributed by atoms with van der Waals surface area (Å²) in [6, 6.07) is 21.1. The predicted octanol–water partition coefficient (Wildman–Crippen LogP) is 6.49. The third-order valence-electron chi connectivity index (χ3n) is 6.38. The summed E-state index contributed by atoms with van der Waals surface area (Å²) >= 11 is 0. The molecule has 3 heterocycles. The Morgan fingerprint density at radius 1 is 0.973 bits per heavy atom. The zero-order chi connectivity index (χ0) is 26.1. The summed E-state index contributed by atoms with van der Waals surface area (Å²) in [5.41, 5.74) is 5.10. The van der Waals surface area contributed by atoms with Crippen LogP contribution in [0.1, 0.15) is 35.9 Å². The highest BCUT2D eigenvalue weighted by Crippen LogP contribution is 2.32. The maximum atomic E-state index is 14.3. The molecule has 1 atom stereocenters. The summed E-state index contributed by atoms with van der Waals surface area (Å²) in [6.07, 6.45) is 1.76. The first kappa shape index (κ1) is 23.9. The van der Waals surface area contributed by atoms with Crippen molar-refractivity contribution >= 4 is 22.3 Å². The number of hydrogen-bond donors (Lipinski definition) is 1. The summed E-state index contributed by atoms with van der Waals surface area (Å²) in [4.78, 5) is 31.0. The van der Waals surface area contributed by atoms with Crippen LogP contribution in [0, 0.1) is 27.3 Å². The molecule has 0 spiro atoms. The monoisotopic (exact) mass is 486 g/mol. The van der Waals surface area contributed by atoms with Gasteiger partial charge in [-0.1, -0.05) is 36.4 Å². The molecule has 0 saturated heterocycles. The second kappa shape index (κ2) is 9.67. The number of para-hydroxylation sites is 1. The standard InChI is InChI=1S/C30H26N6O/c1-18-16-22(14-15-32-18)25-13-9-10-23-17-26(36(30(37)27(23)25)24-11-7-6-8-12-24)19(2)34-29-28(31-5)20(3)33-21(4)35-29/h6-17,19H,1-4H3,(H,33,34,35)/t19-/m0/s1. The number of aryl methyl sites for hydroxylation is 3.